The first kappa shape index (κ1) is 17.5. The second-order valence-electron chi connectivity index (χ2n) is 4.93. The van der Waals surface area contributed by atoms with Crippen LogP contribution in [0.25, 0.3) is 0 Å². The van der Waals surface area contributed by atoms with E-state index in [0.29, 0.717) is 5.75 Å². The minimum Gasteiger partial charge on any atom is -0.496 e. The first-order valence-corrected chi connectivity index (χ1v) is 8.97. The Labute approximate surface area is 136 Å². The van der Waals surface area contributed by atoms with E-state index in [0.717, 1.165) is 17.4 Å². The zero-order chi connectivity index (χ0) is 16.7. The summed E-state index contributed by atoms with van der Waals surface area (Å²) in [4.78, 5) is 0. The van der Waals surface area contributed by atoms with Crippen molar-refractivity contribution in [3.8, 4) is 5.75 Å². The third kappa shape index (κ3) is 5.35. The van der Waals surface area contributed by atoms with Crippen LogP contribution in [0.3, 0.4) is 0 Å². The van der Waals surface area contributed by atoms with Crippen molar-refractivity contribution >= 4 is 10.1 Å². The fourth-order valence-corrected chi connectivity index (χ4v) is 2.60. The second kappa shape index (κ2) is 8.10. The van der Waals surface area contributed by atoms with Crippen molar-refractivity contribution in [2.75, 3.05) is 26.6 Å². The van der Waals surface area contributed by atoms with Crippen molar-refractivity contribution in [3.05, 3.63) is 65.7 Å². The number of para-hydroxylation sites is 1. The van der Waals surface area contributed by atoms with Crippen molar-refractivity contribution in [2.24, 2.45) is 0 Å². The summed E-state index contributed by atoms with van der Waals surface area (Å²) in [6, 6.07) is 17.3. The maximum Gasteiger partial charge on any atom is 0.264 e. The normalized spacial score (nSPS) is 12.8. The average Bonchev–Trinajstić information content (AvgIpc) is 2.55. The molecule has 2 rings (SSSR count). The molecule has 0 spiro atoms. The molecule has 124 valence electrons. The molecule has 1 atom stereocenters. The summed E-state index contributed by atoms with van der Waals surface area (Å²) >= 11 is 0. The predicted octanol–water partition coefficient (Wildman–Crippen LogP) is 2.78. The van der Waals surface area contributed by atoms with Crippen molar-refractivity contribution in [2.45, 2.75) is 6.10 Å². The van der Waals surface area contributed by atoms with Crippen LogP contribution >= 0.6 is 0 Å². The van der Waals surface area contributed by atoms with E-state index in [1.54, 1.807) is 7.11 Å². The topological polar surface area (TPSA) is 61.8 Å². The molecule has 6 heteroatoms. The van der Waals surface area contributed by atoms with Crippen LogP contribution in [0.4, 0.5) is 0 Å². The summed E-state index contributed by atoms with van der Waals surface area (Å²) in [6.07, 6.45) is 0.651. The third-order valence-corrected chi connectivity index (χ3v) is 3.78. The summed E-state index contributed by atoms with van der Waals surface area (Å²) in [5, 5.41) is 0. The Morgan fingerprint density at radius 3 is 2.26 bits per heavy atom. The molecule has 5 nitrogen and oxygen atoms in total. The van der Waals surface area contributed by atoms with Crippen LogP contribution in [-0.2, 0) is 19.0 Å². The summed E-state index contributed by atoms with van der Waals surface area (Å²) in [5.41, 5.74) is 1.83. The van der Waals surface area contributed by atoms with Crippen molar-refractivity contribution < 1.29 is 22.1 Å². The van der Waals surface area contributed by atoms with Crippen LogP contribution in [-0.4, -0.2) is 35.0 Å². The Kier molecular flexibility index (Phi) is 6.15. The van der Waals surface area contributed by atoms with Crippen LogP contribution in [0.5, 0.6) is 5.75 Å². The van der Waals surface area contributed by atoms with Gasteiger partial charge < -0.3 is 9.47 Å². The molecule has 0 saturated carbocycles. The highest BCUT2D eigenvalue weighted by Crippen LogP contribution is 2.32. The van der Waals surface area contributed by atoms with Crippen LogP contribution in [0.15, 0.2) is 54.6 Å². The predicted molar refractivity (Wildman–Crippen MR) is 88.0 cm³/mol. The van der Waals surface area contributed by atoms with Gasteiger partial charge in [0.15, 0.2) is 0 Å². The van der Waals surface area contributed by atoms with Gasteiger partial charge in [-0.05, 0) is 11.6 Å². The van der Waals surface area contributed by atoms with Gasteiger partial charge in [0.1, 0.15) is 11.9 Å². The van der Waals surface area contributed by atoms with E-state index in [-0.39, 0.29) is 19.3 Å². The van der Waals surface area contributed by atoms with Gasteiger partial charge in [-0.25, -0.2) is 0 Å². The van der Waals surface area contributed by atoms with E-state index in [1.165, 1.54) is 0 Å². The highest BCUT2D eigenvalue weighted by Gasteiger charge is 2.18. The third-order valence-electron chi connectivity index (χ3n) is 3.19. The number of ether oxygens (including phenoxy) is 2. The molecule has 0 bridgehead atoms. The monoisotopic (exact) mass is 336 g/mol. The lowest BCUT2D eigenvalue weighted by atomic mass is 10.0. The average molecular weight is 336 g/mol. The fourth-order valence-electron chi connectivity index (χ4n) is 2.23. The molecule has 0 radical (unpaired) electrons. The number of rotatable bonds is 8. The molecule has 0 heterocycles. The number of benzene rings is 2. The first-order valence-electron chi connectivity index (χ1n) is 7.15. The Balaban J connectivity index is 2.19. The second-order valence-corrected chi connectivity index (χ2v) is 6.57. The summed E-state index contributed by atoms with van der Waals surface area (Å²) < 4.78 is 38.0. The maximum atomic E-state index is 11.0. The van der Waals surface area contributed by atoms with Gasteiger partial charge in [-0.2, -0.15) is 8.42 Å². The van der Waals surface area contributed by atoms with Crippen molar-refractivity contribution in [1.82, 2.24) is 0 Å². The Morgan fingerprint density at radius 2 is 1.61 bits per heavy atom. The standard InChI is InChI=1S/C17H20O5S/c1-20-16-11-7-6-10-15(16)17(14-8-4-3-5-9-14)21-12-13-22-23(2,18)19/h3-11,17H,12-13H2,1-2H3. The molecule has 2 aromatic carbocycles. The number of methoxy groups -OCH3 is 1. The Bertz CT molecular complexity index is 713. The summed E-state index contributed by atoms with van der Waals surface area (Å²) in [6.45, 7) is 0.113. The molecule has 0 amide bonds. The van der Waals surface area contributed by atoms with Gasteiger partial charge in [0.25, 0.3) is 10.1 Å². The molecule has 0 aromatic heterocycles. The van der Waals surface area contributed by atoms with Crippen LogP contribution in [0.1, 0.15) is 17.2 Å². The van der Waals surface area contributed by atoms with Crippen LogP contribution < -0.4 is 4.74 Å². The van der Waals surface area contributed by atoms with Gasteiger partial charge in [-0.3, -0.25) is 4.18 Å². The first-order chi connectivity index (χ1) is 11.0. The SMILES string of the molecule is COc1ccccc1C(OCCOS(C)(=O)=O)c1ccccc1. The van der Waals surface area contributed by atoms with Gasteiger partial charge >= 0.3 is 0 Å². The van der Waals surface area contributed by atoms with E-state index < -0.39 is 10.1 Å². The van der Waals surface area contributed by atoms with Crippen LogP contribution in [0, 0.1) is 0 Å². The minimum atomic E-state index is -3.47. The maximum absolute atomic E-state index is 11.0. The molecule has 0 fully saturated rings. The largest absolute Gasteiger partial charge is 0.496 e. The van der Waals surface area contributed by atoms with Gasteiger partial charge in [0.2, 0.25) is 0 Å². The van der Waals surface area contributed by atoms with Gasteiger partial charge in [-0.15, -0.1) is 0 Å². The molecule has 23 heavy (non-hydrogen) atoms. The molecular formula is C17H20O5S. The quantitative estimate of drug-likeness (QED) is 0.548. The Hall–Kier alpha value is -1.89. The lowest BCUT2D eigenvalue weighted by molar-refractivity contribution is 0.0563. The smallest absolute Gasteiger partial charge is 0.264 e. The van der Waals surface area contributed by atoms with E-state index in [2.05, 4.69) is 0 Å². The molecule has 0 saturated heterocycles. The van der Waals surface area contributed by atoms with E-state index >= 15 is 0 Å². The lowest BCUT2D eigenvalue weighted by Gasteiger charge is -2.21. The fraction of sp³-hybridized carbons (Fsp3) is 0.294. The zero-order valence-corrected chi connectivity index (χ0v) is 14.0. The molecular weight excluding hydrogens is 316 g/mol. The molecule has 0 aliphatic carbocycles. The van der Waals surface area contributed by atoms with Gasteiger partial charge in [0.05, 0.1) is 26.6 Å². The molecule has 0 aliphatic heterocycles. The van der Waals surface area contributed by atoms with Gasteiger partial charge in [-0.1, -0.05) is 48.5 Å². The molecule has 0 aliphatic rings. The molecule has 2 aromatic rings. The minimum absolute atomic E-state index is 0.0304. The van der Waals surface area contributed by atoms with Crippen molar-refractivity contribution in [3.63, 3.8) is 0 Å². The number of hydrogen-bond acceptors (Lipinski definition) is 5. The molecule has 1 unspecified atom stereocenters. The number of hydrogen-bond donors (Lipinski definition) is 0. The summed E-state index contributed by atoms with van der Waals surface area (Å²) in [7, 11) is -1.86. The zero-order valence-electron chi connectivity index (χ0n) is 13.1. The highest BCUT2D eigenvalue weighted by molar-refractivity contribution is 7.85. The lowest BCUT2D eigenvalue weighted by Crippen LogP contribution is -2.14. The van der Waals surface area contributed by atoms with E-state index in [4.69, 9.17) is 13.7 Å². The highest BCUT2D eigenvalue weighted by atomic mass is 32.2. The van der Waals surface area contributed by atoms with Gasteiger partial charge in [0, 0.05) is 5.56 Å². The van der Waals surface area contributed by atoms with E-state index in [1.807, 2.05) is 54.6 Å². The summed E-state index contributed by atoms with van der Waals surface area (Å²) in [5.74, 6) is 0.713. The van der Waals surface area contributed by atoms with E-state index in [9.17, 15) is 8.42 Å². The molecule has 0 N–H and O–H groups in total. The Morgan fingerprint density at radius 1 is 0.957 bits per heavy atom. The van der Waals surface area contributed by atoms with Crippen molar-refractivity contribution in [1.29, 1.82) is 0 Å². The van der Waals surface area contributed by atoms with Crippen LogP contribution in [0.2, 0.25) is 0 Å².